The standard InChI is InChI=1S/C23H20BrIN2/c1-15-10-20(13-27-23(15)25)22-19(12-21(24)14-26-22)9-7-16-6-8-17-4-2-3-5-18(17)11-16/h6-14H,2-5H2,1H3/b9-7+. The number of pyridine rings is 2. The summed E-state index contributed by atoms with van der Waals surface area (Å²) in [5.41, 5.74) is 8.53. The van der Waals surface area contributed by atoms with E-state index in [1.54, 1.807) is 0 Å². The lowest BCUT2D eigenvalue weighted by Gasteiger charge is -2.15. The van der Waals surface area contributed by atoms with Gasteiger partial charge in [-0.2, -0.15) is 0 Å². The van der Waals surface area contributed by atoms with Gasteiger partial charge < -0.3 is 0 Å². The fourth-order valence-corrected chi connectivity index (χ4v) is 4.20. The van der Waals surface area contributed by atoms with Crippen molar-refractivity contribution in [2.45, 2.75) is 32.6 Å². The van der Waals surface area contributed by atoms with E-state index in [9.17, 15) is 0 Å². The summed E-state index contributed by atoms with van der Waals surface area (Å²) in [5, 5.41) is 0. The second kappa shape index (κ2) is 8.23. The van der Waals surface area contributed by atoms with E-state index in [4.69, 9.17) is 0 Å². The SMILES string of the molecule is Cc1cc(-c2ncc(Br)cc2/C=C/c2ccc3c(c2)CCCC3)cnc1I. The first kappa shape index (κ1) is 18.8. The molecule has 0 saturated heterocycles. The molecule has 136 valence electrons. The fourth-order valence-electron chi connectivity index (χ4n) is 3.55. The quantitative estimate of drug-likeness (QED) is 0.273. The van der Waals surface area contributed by atoms with Gasteiger partial charge in [0.2, 0.25) is 0 Å². The molecule has 1 aliphatic carbocycles. The predicted molar refractivity (Wildman–Crippen MR) is 125 cm³/mol. The molecule has 4 rings (SSSR count). The lowest BCUT2D eigenvalue weighted by atomic mass is 9.90. The van der Waals surface area contributed by atoms with Gasteiger partial charge in [-0.05, 0) is 106 Å². The van der Waals surface area contributed by atoms with Crippen LogP contribution in [-0.4, -0.2) is 9.97 Å². The van der Waals surface area contributed by atoms with Gasteiger partial charge >= 0.3 is 0 Å². The molecule has 0 fully saturated rings. The van der Waals surface area contributed by atoms with Crippen LogP contribution in [0.2, 0.25) is 0 Å². The van der Waals surface area contributed by atoms with Crippen molar-refractivity contribution in [3.05, 3.63) is 78.7 Å². The summed E-state index contributed by atoms with van der Waals surface area (Å²) in [5.74, 6) is 0. The Morgan fingerprint density at radius 2 is 1.78 bits per heavy atom. The largest absolute Gasteiger partial charge is 0.254 e. The predicted octanol–water partition coefficient (Wildman–Crippen LogP) is 6.87. The van der Waals surface area contributed by atoms with Gasteiger partial charge in [-0.3, -0.25) is 4.98 Å². The summed E-state index contributed by atoms with van der Waals surface area (Å²) in [4.78, 5) is 9.16. The highest BCUT2D eigenvalue weighted by molar-refractivity contribution is 14.1. The molecule has 2 heterocycles. The molecule has 0 N–H and O–H groups in total. The minimum Gasteiger partial charge on any atom is -0.254 e. The van der Waals surface area contributed by atoms with E-state index >= 15 is 0 Å². The van der Waals surface area contributed by atoms with Gasteiger partial charge in [0.05, 0.1) is 5.69 Å². The van der Waals surface area contributed by atoms with Gasteiger partial charge in [-0.25, -0.2) is 4.98 Å². The van der Waals surface area contributed by atoms with E-state index in [0.29, 0.717) is 0 Å². The molecule has 27 heavy (non-hydrogen) atoms. The number of nitrogens with zero attached hydrogens (tertiary/aromatic N) is 2. The van der Waals surface area contributed by atoms with E-state index in [2.05, 4.69) is 97.9 Å². The molecule has 1 aliphatic rings. The lowest BCUT2D eigenvalue weighted by Crippen LogP contribution is -2.02. The highest BCUT2D eigenvalue weighted by atomic mass is 127. The average Bonchev–Trinajstić information content (AvgIpc) is 2.68. The Bertz CT molecular complexity index is 1030. The third-order valence-corrected chi connectivity index (χ3v) is 6.56. The Morgan fingerprint density at radius 1 is 0.963 bits per heavy atom. The van der Waals surface area contributed by atoms with Crippen molar-refractivity contribution >= 4 is 50.7 Å². The van der Waals surface area contributed by atoms with Crippen molar-refractivity contribution in [2.75, 3.05) is 0 Å². The summed E-state index contributed by atoms with van der Waals surface area (Å²) in [6.07, 6.45) is 13.1. The molecular formula is C23H20BrIN2. The van der Waals surface area contributed by atoms with Gasteiger partial charge in [-0.15, -0.1) is 0 Å². The third kappa shape index (κ3) is 4.32. The van der Waals surface area contributed by atoms with E-state index in [1.807, 2.05) is 12.4 Å². The summed E-state index contributed by atoms with van der Waals surface area (Å²) in [7, 11) is 0. The maximum atomic E-state index is 4.66. The monoisotopic (exact) mass is 530 g/mol. The second-order valence-corrected chi connectivity index (χ2v) is 8.93. The average molecular weight is 531 g/mol. The topological polar surface area (TPSA) is 25.8 Å². The van der Waals surface area contributed by atoms with Gasteiger partial charge in [-0.1, -0.05) is 30.4 Å². The van der Waals surface area contributed by atoms with Crippen LogP contribution in [0.3, 0.4) is 0 Å². The molecule has 0 saturated carbocycles. The Hall–Kier alpha value is -1.53. The van der Waals surface area contributed by atoms with Gasteiger partial charge in [0.25, 0.3) is 0 Å². The van der Waals surface area contributed by atoms with Crippen LogP contribution in [0.1, 0.15) is 40.7 Å². The Morgan fingerprint density at radius 3 is 2.59 bits per heavy atom. The number of aryl methyl sites for hydroxylation is 3. The molecule has 1 aromatic carbocycles. The molecule has 0 spiro atoms. The normalized spacial score (nSPS) is 13.7. The molecule has 0 aliphatic heterocycles. The van der Waals surface area contributed by atoms with E-state index < -0.39 is 0 Å². The summed E-state index contributed by atoms with van der Waals surface area (Å²) in [6, 6.07) is 11.1. The fraction of sp³-hybridized carbons (Fsp3) is 0.217. The van der Waals surface area contributed by atoms with Crippen LogP contribution < -0.4 is 0 Å². The van der Waals surface area contributed by atoms with Crippen molar-refractivity contribution in [2.24, 2.45) is 0 Å². The molecule has 0 radical (unpaired) electrons. The number of hydrogen-bond acceptors (Lipinski definition) is 2. The minimum atomic E-state index is 0.958. The van der Waals surface area contributed by atoms with Crippen molar-refractivity contribution in [3.63, 3.8) is 0 Å². The Balaban J connectivity index is 1.70. The zero-order valence-electron chi connectivity index (χ0n) is 15.2. The molecule has 2 aromatic heterocycles. The van der Waals surface area contributed by atoms with Gasteiger partial charge in [0.15, 0.2) is 0 Å². The first-order valence-corrected chi connectivity index (χ1v) is 11.1. The van der Waals surface area contributed by atoms with Crippen LogP contribution in [0.25, 0.3) is 23.4 Å². The maximum Gasteiger partial charge on any atom is 0.104 e. The van der Waals surface area contributed by atoms with E-state index in [-0.39, 0.29) is 0 Å². The highest BCUT2D eigenvalue weighted by Gasteiger charge is 2.10. The number of hydrogen-bond donors (Lipinski definition) is 0. The Kier molecular flexibility index (Phi) is 5.74. The van der Waals surface area contributed by atoms with E-state index in [1.165, 1.54) is 47.9 Å². The van der Waals surface area contributed by atoms with Crippen molar-refractivity contribution in [1.29, 1.82) is 0 Å². The second-order valence-electron chi connectivity index (χ2n) is 6.99. The van der Waals surface area contributed by atoms with Crippen molar-refractivity contribution < 1.29 is 0 Å². The molecule has 2 nitrogen and oxygen atoms in total. The number of rotatable bonds is 3. The number of fused-ring (bicyclic) bond motifs is 1. The number of halogens is 2. The van der Waals surface area contributed by atoms with Crippen molar-refractivity contribution in [1.82, 2.24) is 9.97 Å². The first-order chi connectivity index (χ1) is 13.1. The summed E-state index contributed by atoms with van der Waals surface area (Å²) in [6.45, 7) is 2.08. The summed E-state index contributed by atoms with van der Waals surface area (Å²) >= 11 is 5.82. The molecule has 0 bridgehead atoms. The zero-order chi connectivity index (χ0) is 18.8. The molecule has 3 aromatic rings. The maximum absolute atomic E-state index is 4.66. The van der Waals surface area contributed by atoms with Crippen LogP contribution in [0.4, 0.5) is 0 Å². The third-order valence-electron chi connectivity index (χ3n) is 5.00. The van der Waals surface area contributed by atoms with Gasteiger partial charge in [0, 0.05) is 28.0 Å². The molecular weight excluding hydrogens is 511 g/mol. The summed E-state index contributed by atoms with van der Waals surface area (Å²) < 4.78 is 2.01. The number of benzene rings is 1. The van der Waals surface area contributed by atoms with Crippen LogP contribution in [0.5, 0.6) is 0 Å². The van der Waals surface area contributed by atoms with Crippen LogP contribution in [0, 0.1) is 10.6 Å². The Labute approximate surface area is 182 Å². The lowest BCUT2D eigenvalue weighted by molar-refractivity contribution is 0.685. The van der Waals surface area contributed by atoms with E-state index in [0.717, 1.165) is 25.0 Å². The molecule has 4 heteroatoms. The number of aromatic nitrogens is 2. The highest BCUT2D eigenvalue weighted by Crippen LogP contribution is 2.28. The van der Waals surface area contributed by atoms with Crippen molar-refractivity contribution in [3.8, 4) is 11.3 Å². The van der Waals surface area contributed by atoms with Crippen LogP contribution in [-0.2, 0) is 12.8 Å². The molecule has 0 amide bonds. The van der Waals surface area contributed by atoms with Gasteiger partial charge in [0.1, 0.15) is 3.70 Å². The minimum absolute atomic E-state index is 0.958. The first-order valence-electron chi connectivity index (χ1n) is 9.18. The van der Waals surface area contributed by atoms with Crippen LogP contribution in [0.15, 0.2) is 47.2 Å². The zero-order valence-corrected chi connectivity index (χ0v) is 18.9. The molecule has 0 unspecified atom stereocenters. The smallest absolute Gasteiger partial charge is 0.104 e. The molecule has 0 atom stereocenters. The van der Waals surface area contributed by atoms with Crippen LogP contribution >= 0.6 is 38.5 Å².